The van der Waals surface area contributed by atoms with Gasteiger partial charge in [0.05, 0.1) is 26.4 Å². The largest absolute Gasteiger partial charge is 0.395 e. The summed E-state index contributed by atoms with van der Waals surface area (Å²) in [5.41, 5.74) is -0.102. The molecule has 0 fully saturated rings. The molecule has 108 valence electrons. The molecular weight excluding hydrogens is 251 g/mol. The minimum atomic E-state index is -0.805. The fourth-order valence-corrected chi connectivity index (χ4v) is 1.85. The predicted octanol–water partition coefficient (Wildman–Crippen LogP) is 1.10. The molecule has 0 aromatic heterocycles. The van der Waals surface area contributed by atoms with Gasteiger partial charge in [-0.05, 0) is 24.1 Å². The second-order valence-corrected chi connectivity index (χ2v) is 4.46. The number of hydrogen-bond acceptors (Lipinski definition) is 4. The molecule has 4 nitrogen and oxygen atoms in total. The molecule has 0 saturated heterocycles. The van der Waals surface area contributed by atoms with E-state index < -0.39 is 5.41 Å². The molecule has 0 amide bonds. The molecule has 0 bridgehead atoms. The summed E-state index contributed by atoms with van der Waals surface area (Å²) in [5.74, 6) is -0.343. The van der Waals surface area contributed by atoms with Crippen LogP contribution in [0.5, 0.6) is 0 Å². The molecule has 2 N–H and O–H groups in total. The van der Waals surface area contributed by atoms with E-state index in [1.807, 2.05) is 0 Å². The predicted molar refractivity (Wildman–Crippen MR) is 69.6 cm³/mol. The summed E-state index contributed by atoms with van der Waals surface area (Å²) >= 11 is 0. The Hall–Kier alpha value is -1.01. The highest BCUT2D eigenvalue weighted by atomic mass is 19.1. The van der Waals surface area contributed by atoms with Crippen LogP contribution in [0.2, 0.25) is 0 Å². The average molecular weight is 272 g/mol. The van der Waals surface area contributed by atoms with E-state index in [2.05, 4.69) is 0 Å². The quantitative estimate of drug-likeness (QED) is 0.661. The lowest BCUT2D eigenvalue weighted by molar-refractivity contribution is 0.0390. The standard InChI is InChI=1S/C14H21FO4/c1-18-8-9-19-7-6-14(10-16,11-17)12-2-4-13(15)5-3-12/h2-5,16-17H,6-11H2,1H3. The Balaban J connectivity index is 2.65. The number of benzene rings is 1. The summed E-state index contributed by atoms with van der Waals surface area (Å²) in [6.45, 7) is 0.919. The van der Waals surface area contributed by atoms with Crippen LogP contribution in [0.25, 0.3) is 0 Å². The van der Waals surface area contributed by atoms with Crippen LogP contribution in [0, 0.1) is 5.82 Å². The van der Waals surface area contributed by atoms with E-state index in [0.717, 1.165) is 0 Å². The highest BCUT2D eigenvalue weighted by Gasteiger charge is 2.30. The van der Waals surface area contributed by atoms with Crippen LogP contribution < -0.4 is 0 Å². The first kappa shape index (κ1) is 16.0. The third-order valence-electron chi connectivity index (χ3n) is 3.22. The van der Waals surface area contributed by atoms with Gasteiger partial charge in [0, 0.05) is 19.1 Å². The number of hydrogen-bond donors (Lipinski definition) is 2. The van der Waals surface area contributed by atoms with Gasteiger partial charge in [0.2, 0.25) is 0 Å². The Morgan fingerprint density at radius 3 is 2.21 bits per heavy atom. The van der Waals surface area contributed by atoms with Gasteiger partial charge in [-0.25, -0.2) is 4.39 Å². The van der Waals surface area contributed by atoms with Crippen LogP contribution in [-0.2, 0) is 14.9 Å². The second-order valence-electron chi connectivity index (χ2n) is 4.46. The first-order chi connectivity index (χ1) is 9.18. The van der Waals surface area contributed by atoms with E-state index in [-0.39, 0.29) is 19.0 Å². The summed E-state index contributed by atoms with van der Waals surface area (Å²) in [6, 6.07) is 5.80. The zero-order valence-corrected chi connectivity index (χ0v) is 11.1. The molecule has 1 rings (SSSR count). The molecule has 19 heavy (non-hydrogen) atoms. The van der Waals surface area contributed by atoms with Crippen molar-refractivity contribution in [2.75, 3.05) is 40.1 Å². The van der Waals surface area contributed by atoms with E-state index in [4.69, 9.17) is 9.47 Å². The van der Waals surface area contributed by atoms with Crippen LogP contribution in [0.3, 0.4) is 0 Å². The second kappa shape index (κ2) is 8.22. The smallest absolute Gasteiger partial charge is 0.123 e. The molecule has 5 heteroatoms. The van der Waals surface area contributed by atoms with E-state index >= 15 is 0 Å². The third kappa shape index (κ3) is 4.54. The highest BCUT2D eigenvalue weighted by molar-refractivity contribution is 5.26. The maximum Gasteiger partial charge on any atom is 0.123 e. The van der Waals surface area contributed by atoms with Gasteiger partial charge < -0.3 is 19.7 Å². The maximum atomic E-state index is 12.9. The lowest BCUT2D eigenvalue weighted by atomic mass is 9.79. The minimum absolute atomic E-state index is 0.219. The van der Waals surface area contributed by atoms with Crippen molar-refractivity contribution in [2.45, 2.75) is 11.8 Å². The van der Waals surface area contributed by atoms with Gasteiger partial charge in [0.15, 0.2) is 0 Å². The summed E-state index contributed by atoms with van der Waals surface area (Å²) in [5, 5.41) is 19.1. The Morgan fingerprint density at radius 1 is 1.05 bits per heavy atom. The van der Waals surface area contributed by atoms with Crippen molar-refractivity contribution in [1.82, 2.24) is 0 Å². The molecule has 1 aromatic carbocycles. The van der Waals surface area contributed by atoms with Gasteiger partial charge in [-0.2, -0.15) is 0 Å². The lowest BCUT2D eigenvalue weighted by Crippen LogP contribution is -2.36. The normalized spacial score (nSPS) is 11.8. The maximum absolute atomic E-state index is 12.9. The molecule has 0 unspecified atom stereocenters. The van der Waals surface area contributed by atoms with Crippen molar-refractivity contribution in [3.8, 4) is 0 Å². The Kier molecular flexibility index (Phi) is 6.94. The van der Waals surface area contributed by atoms with E-state index in [1.165, 1.54) is 12.1 Å². The van der Waals surface area contributed by atoms with Gasteiger partial charge in [0.25, 0.3) is 0 Å². The monoisotopic (exact) mass is 272 g/mol. The van der Waals surface area contributed by atoms with E-state index in [0.29, 0.717) is 31.8 Å². The van der Waals surface area contributed by atoms with Crippen molar-refractivity contribution >= 4 is 0 Å². The van der Waals surface area contributed by atoms with Crippen molar-refractivity contribution in [2.24, 2.45) is 0 Å². The van der Waals surface area contributed by atoms with Crippen LogP contribution in [-0.4, -0.2) is 50.4 Å². The van der Waals surface area contributed by atoms with Gasteiger partial charge in [-0.15, -0.1) is 0 Å². The van der Waals surface area contributed by atoms with E-state index in [1.54, 1.807) is 19.2 Å². The SMILES string of the molecule is COCCOCCC(CO)(CO)c1ccc(F)cc1. The van der Waals surface area contributed by atoms with Gasteiger partial charge >= 0.3 is 0 Å². The molecule has 0 saturated carbocycles. The van der Waals surface area contributed by atoms with Crippen LogP contribution >= 0.6 is 0 Å². The van der Waals surface area contributed by atoms with Crippen LogP contribution in [0.1, 0.15) is 12.0 Å². The molecule has 0 radical (unpaired) electrons. The summed E-state index contributed by atoms with van der Waals surface area (Å²) in [6.07, 6.45) is 0.454. The number of methoxy groups -OCH3 is 1. The molecule has 0 atom stereocenters. The van der Waals surface area contributed by atoms with Crippen LogP contribution in [0.4, 0.5) is 4.39 Å². The Labute approximate surface area is 112 Å². The first-order valence-electron chi connectivity index (χ1n) is 6.23. The molecule has 0 aliphatic heterocycles. The fourth-order valence-electron chi connectivity index (χ4n) is 1.85. The number of rotatable bonds is 9. The van der Waals surface area contributed by atoms with Gasteiger partial charge in [-0.3, -0.25) is 0 Å². The van der Waals surface area contributed by atoms with Crippen molar-refractivity contribution in [3.63, 3.8) is 0 Å². The number of ether oxygens (including phenoxy) is 2. The molecule has 0 spiro atoms. The molecule has 0 heterocycles. The van der Waals surface area contributed by atoms with Crippen molar-refractivity contribution < 1.29 is 24.1 Å². The minimum Gasteiger partial charge on any atom is -0.395 e. The highest BCUT2D eigenvalue weighted by Crippen LogP contribution is 2.27. The zero-order valence-electron chi connectivity index (χ0n) is 11.1. The number of aliphatic hydroxyl groups excluding tert-OH is 2. The number of aliphatic hydroxyl groups is 2. The first-order valence-corrected chi connectivity index (χ1v) is 6.23. The lowest BCUT2D eigenvalue weighted by Gasteiger charge is -2.30. The molecule has 0 aliphatic carbocycles. The summed E-state index contributed by atoms with van der Waals surface area (Å²) < 4.78 is 23.1. The van der Waals surface area contributed by atoms with E-state index in [9.17, 15) is 14.6 Å². The molecule has 1 aromatic rings. The summed E-state index contributed by atoms with van der Waals surface area (Å²) in [7, 11) is 1.59. The fraction of sp³-hybridized carbons (Fsp3) is 0.571. The van der Waals surface area contributed by atoms with Crippen molar-refractivity contribution in [3.05, 3.63) is 35.6 Å². The van der Waals surface area contributed by atoms with Crippen molar-refractivity contribution in [1.29, 1.82) is 0 Å². The Morgan fingerprint density at radius 2 is 1.68 bits per heavy atom. The van der Waals surface area contributed by atoms with Gasteiger partial charge in [0.1, 0.15) is 5.82 Å². The molecule has 0 aliphatic rings. The van der Waals surface area contributed by atoms with Gasteiger partial charge in [-0.1, -0.05) is 12.1 Å². The molecular formula is C14H21FO4. The Bertz CT molecular complexity index is 349. The van der Waals surface area contributed by atoms with Crippen LogP contribution in [0.15, 0.2) is 24.3 Å². The third-order valence-corrected chi connectivity index (χ3v) is 3.22. The summed E-state index contributed by atoms with van der Waals surface area (Å²) in [4.78, 5) is 0. The zero-order chi connectivity index (χ0) is 14.1. The number of halogens is 1. The topological polar surface area (TPSA) is 58.9 Å². The average Bonchev–Trinajstić information content (AvgIpc) is 2.45.